The number of anilines is 1. The number of benzene rings is 2. The lowest BCUT2D eigenvalue weighted by Crippen LogP contribution is -2.49. The van der Waals surface area contributed by atoms with Gasteiger partial charge in [0.1, 0.15) is 0 Å². The van der Waals surface area contributed by atoms with Crippen LogP contribution in [0.25, 0.3) is 0 Å². The number of nitrogens with zero attached hydrogens (tertiary/aromatic N) is 2. The zero-order valence-corrected chi connectivity index (χ0v) is 14.5. The molecule has 0 atom stereocenters. The van der Waals surface area contributed by atoms with Gasteiger partial charge in [0.2, 0.25) is 0 Å². The Morgan fingerprint density at radius 1 is 1.00 bits per heavy atom. The summed E-state index contributed by atoms with van der Waals surface area (Å²) >= 11 is 0. The third kappa shape index (κ3) is 3.29. The molecule has 1 heterocycles. The molecule has 0 saturated carbocycles. The van der Waals surface area contributed by atoms with Crippen molar-refractivity contribution in [1.29, 1.82) is 0 Å². The van der Waals surface area contributed by atoms with Crippen molar-refractivity contribution in [3.63, 3.8) is 0 Å². The van der Waals surface area contributed by atoms with Crippen LogP contribution in [0.2, 0.25) is 0 Å². The Morgan fingerprint density at radius 3 is 2.29 bits per heavy atom. The molecule has 2 aromatic rings. The first-order valence-corrected chi connectivity index (χ1v) is 8.49. The van der Waals surface area contributed by atoms with Crippen molar-refractivity contribution in [2.45, 2.75) is 20.4 Å². The summed E-state index contributed by atoms with van der Waals surface area (Å²) in [5.74, 6) is 0.110. The van der Waals surface area contributed by atoms with Gasteiger partial charge in [-0.25, -0.2) is 0 Å². The van der Waals surface area contributed by atoms with Gasteiger partial charge in [-0.1, -0.05) is 24.3 Å². The van der Waals surface area contributed by atoms with E-state index in [0.717, 1.165) is 37.3 Å². The summed E-state index contributed by atoms with van der Waals surface area (Å²) < 4.78 is 0. The molecule has 1 fully saturated rings. The van der Waals surface area contributed by atoms with E-state index in [0.29, 0.717) is 6.54 Å². The summed E-state index contributed by atoms with van der Waals surface area (Å²) in [4.78, 5) is 17.0. The normalized spacial score (nSPS) is 14.8. The summed E-state index contributed by atoms with van der Waals surface area (Å²) in [6, 6.07) is 14.0. The zero-order valence-electron chi connectivity index (χ0n) is 14.5. The zero-order chi connectivity index (χ0) is 17.1. The van der Waals surface area contributed by atoms with Gasteiger partial charge in [-0.15, -0.1) is 0 Å². The van der Waals surface area contributed by atoms with Crippen LogP contribution in [0.3, 0.4) is 0 Å². The molecule has 1 amide bonds. The highest BCUT2D eigenvalue weighted by Gasteiger charge is 2.23. The lowest BCUT2D eigenvalue weighted by atomic mass is 10.1. The Kier molecular flexibility index (Phi) is 4.86. The highest BCUT2D eigenvalue weighted by molar-refractivity contribution is 5.94. The predicted octanol–water partition coefficient (Wildman–Crippen LogP) is 2.72. The van der Waals surface area contributed by atoms with Gasteiger partial charge in [-0.3, -0.25) is 4.79 Å². The monoisotopic (exact) mass is 323 g/mol. The fraction of sp³-hybridized carbons (Fsp3) is 0.350. The number of carbonyl (C=O) groups is 1. The first-order chi connectivity index (χ1) is 11.6. The van der Waals surface area contributed by atoms with Gasteiger partial charge in [0.05, 0.1) is 0 Å². The van der Waals surface area contributed by atoms with Crippen LogP contribution in [-0.2, 0) is 6.54 Å². The van der Waals surface area contributed by atoms with Gasteiger partial charge in [-0.05, 0) is 48.7 Å². The fourth-order valence-electron chi connectivity index (χ4n) is 3.19. The fourth-order valence-corrected chi connectivity index (χ4v) is 3.19. The van der Waals surface area contributed by atoms with Crippen LogP contribution < -0.4 is 10.6 Å². The molecular weight excluding hydrogens is 298 g/mol. The lowest BCUT2D eigenvalue weighted by Gasteiger charge is -2.37. The van der Waals surface area contributed by atoms with E-state index < -0.39 is 0 Å². The smallest absolute Gasteiger partial charge is 0.253 e. The van der Waals surface area contributed by atoms with E-state index >= 15 is 0 Å². The number of hydrogen-bond acceptors (Lipinski definition) is 3. The molecule has 0 unspecified atom stereocenters. The van der Waals surface area contributed by atoms with Crippen molar-refractivity contribution in [2.24, 2.45) is 5.73 Å². The number of carbonyl (C=O) groups excluding carboxylic acids is 1. The van der Waals surface area contributed by atoms with Crippen LogP contribution in [0.1, 0.15) is 27.0 Å². The third-order valence-electron chi connectivity index (χ3n) is 4.92. The minimum atomic E-state index is 0.110. The number of hydrogen-bond donors (Lipinski definition) is 1. The number of piperazine rings is 1. The van der Waals surface area contributed by atoms with E-state index in [1.165, 1.54) is 16.8 Å². The first-order valence-electron chi connectivity index (χ1n) is 8.49. The number of amides is 1. The van der Waals surface area contributed by atoms with Crippen LogP contribution >= 0.6 is 0 Å². The summed E-state index contributed by atoms with van der Waals surface area (Å²) in [7, 11) is 0. The van der Waals surface area contributed by atoms with Crippen LogP contribution in [0.15, 0.2) is 42.5 Å². The van der Waals surface area contributed by atoms with Gasteiger partial charge >= 0.3 is 0 Å². The quantitative estimate of drug-likeness (QED) is 0.945. The minimum Gasteiger partial charge on any atom is -0.368 e. The molecule has 0 spiro atoms. The SMILES string of the molecule is Cc1cccc(N2CCN(C(=O)c3ccc(CN)cc3)CC2)c1C. The third-order valence-corrected chi connectivity index (χ3v) is 4.92. The maximum Gasteiger partial charge on any atom is 0.253 e. The van der Waals surface area contributed by atoms with Crippen LogP contribution in [0, 0.1) is 13.8 Å². The second kappa shape index (κ2) is 7.05. The van der Waals surface area contributed by atoms with Gasteiger partial charge in [-0.2, -0.15) is 0 Å². The molecule has 3 rings (SSSR count). The van der Waals surface area contributed by atoms with Crippen LogP contribution in [0.4, 0.5) is 5.69 Å². The molecule has 0 aromatic heterocycles. The standard InChI is InChI=1S/C20H25N3O/c1-15-4-3-5-19(16(15)2)22-10-12-23(13-11-22)20(24)18-8-6-17(14-21)7-9-18/h3-9H,10-14,21H2,1-2H3. The second-order valence-electron chi connectivity index (χ2n) is 6.40. The molecule has 0 bridgehead atoms. The van der Waals surface area contributed by atoms with E-state index in [9.17, 15) is 4.79 Å². The van der Waals surface area contributed by atoms with Crippen molar-refractivity contribution in [3.05, 3.63) is 64.7 Å². The average molecular weight is 323 g/mol. The predicted molar refractivity (Wildman–Crippen MR) is 98.4 cm³/mol. The molecule has 2 N–H and O–H groups in total. The Bertz CT molecular complexity index is 716. The Morgan fingerprint density at radius 2 is 1.67 bits per heavy atom. The maximum absolute atomic E-state index is 12.6. The molecule has 4 heteroatoms. The molecule has 0 radical (unpaired) electrons. The van der Waals surface area contributed by atoms with Gasteiger partial charge in [0.15, 0.2) is 0 Å². The first kappa shape index (κ1) is 16.5. The van der Waals surface area contributed by atoms with E-state index in [4.69, 9.17) is 5.73 Å². The van der Waals surface area contributed by atoms with Crippen molar-refractivity contribution in [3.8, 4) is 0 Å². The average Bonchev–Trinajstić information content (AvgIpc) is 2.64. The maximum atomic E-state index is 12.6. The van der Waals surface area contributed by atoms with Gasteiger partial charge < -0.3 is 15.5 Å². The number of rotatable bonds is 3. The van der Waals surface area contributed by atoms with E-state index in [1.807, 2.05) is 29.2 Å². The summed E-state index contributed by atoms with van der Waals surface area (Å²) in [5.41, 5.74) is 11.3. The lowest BCUT2D eigenvalue weighted by molar-refractivity contribution is 0.0747. The summed E-state index contributed by atoms with van der Waals surface area (Å²) in [6.07, 6.45) is 0. The Labute approximate surface area is 143 Å². The van der Waals surface area contributed by atoms with Crippen LogP contribution in [0.5, 0.6) is 0 Å². The molecule has 2 aromatic carbocycles. The molecule has 24 heavy (non-hydrogen) atoms. The number of nitrogens with two attached hydrogens (primary N) is 1. The van der Waals surface area contributed by atoms with Gasteiger partial charge in [0, 0.05) is 44.0 Å². The van der Waals surface area contributed by atoms with Crippen LogP contribution in [-0.4, -0.2) is 37.0 Å². The van der Waals surface area contributed by atoms with Crippen molar-refractivity contribution in [1.82, 2.24) is 4.90 Å². The molecule has 1 aliphatic rings. The molecule has 4 nitrogen and oxygen atoms in total. The Balaban J connectivity index is 1.66. The second-order valence-corrected chi connectivity index (χ2v) is 6.40. The van der Waals surface area contributed by atoms with Crippen molar-refractivity contribution < 1.29 is 4.79 Å². The van der Waals surface area contributed by atoms with Gasteiger partial charge in [0.25, 0.3) is 5.91 Å². The Hall–Kier alpha value is -2.33. The van der Waals surface area contributed by atoms with E-state index in [2.05, 4.69) is 36.9 Å². The minimum absolute atomic E-state index is 0.110. The molecule has 0 aliphatic carbocycles. The topological polar surface area (TPSA) is 49.6 Å². The van der Waals surface area contributed by atoms with E-state index in [1.54, 1.807) is 0 Å². The molecular formula is C20H25N3O. The summed E-state index contributed by atoms with van der Waals surface area (Å²) in [6.45, 7) is 8.07. The molecule has 1 saturated heterocycles. The van der Waals surface area contributed by atoms with E-state index in [-0.39, 0.29) is 5.91 Å². The largest absolute Gasteiger partial charge is 0.368 e. The summed E-state index contributed by atoms with van der Waals surface area (Å²) in [5, 5.41) is 0. The molecule has 126 valence electrons. The number of aryl methyl sites for hydroxylation is 1. The molecule has 1 aliphatic heterocycles. The highest BCUT2D eigenvalue weighted by atomic mass is 16.2. The van der Waals surface area contributed by atoms with Crippen molar-refractivity contribution >= 4 is 11.6 Å². The highest BCUT2D eigenvalue weighted by Crippen LogP contribution is 2.24. The van der Waals surface area contributed by atoms with Crippen molar-refractivity contribution in [2.75, 3.05) is 31.1 Å².